The Labute approximate surface area is 116 Å². The van der Waals surface area contributed by atoms with Gasteiger partial charge in [-0.05, 0) is 31.9 Å². The highest BCUT2D eigenvalue weighted by atomic mass is 16.3. The fourth-order valence-electron chi connectivity index (χ4n) is 2.21. The summed E-state index contributed by atoms with van der Waals surface area (Å²) < 4.78 is 0. The maximum absolute atomic E-state index is 12.5. The highest BCUT2D eigenvalue weighted by Crippen LogP contribution is 2.21. The maximum atomic E-state index is 12.5. The predicted octanol–water partition coefficient (Wildman–Crippen LogP) is 3.60. The number of amides is 1. The van der Waals surface area contributed by atoms with Crippen molar-refractivity contribution in [1.29, 1.82) is 0 Å². The fraction of sp³-hybridized carbons (Fsp3) is 0.562. The van der Waals surface area contributed by atoms with Crippen LogP contribution in [0, 0.1) is 12.8 Å². The molecule has 0 heterocycles. The number of phenolic OH excluding ortho intramolecular Hbond substituents is 1. The summed E-state index contributed by atoms with van der Waals surface area (Å²) in [6.07, 6.45) is 2.14. The largest absolute Gasteiger partial charge is 0.507 e. The molecule has 0 aliphatic carbocycles. The van der Waals surface area contributed by atoms with Crippen molar-refractivity contribution < 1.29 is 9.90 Å². The second-order valence-electron chi connectivity index (χ2n) is 5.05. The summed E-state index contributed by atoms with van der Waals surface area (Å²) in [5.74, 6) is 0.519. The minimum Gasteiger partial charge on any atom is -0.507 e. The Balaban J connectivity index is 2.92. The highest BCUT2D eigenvalue weighted by molar-refractivity contribution is 5.97. The Kier molecular flexibility index (Phi) is 5.87. The zero-order chi connectivity index (χ0) is 14.4. The van der Waals surface area contributed by atoms with E-state index in [4.69, 9.17) is 0 Å². The lowest BCUT2D eigenvalue weighted by atomic mass is 10.0. The van der Waals surface area contributed by atoms with Gasteiger partial charge >= 0.3 is 0 Å². The molecule has 0 bridgehead atoms. The van der Waals surface area contributed by atoms with E-state index in [1.165, 1.54) is 0 Å². The Bertz CT molecular complexity index is 425. The molecular weight excluding hydrogens is 238 g/mol. The summed E-state index contributed by atoms with van der Waals surface area (Å²) in [5.41, 5.74) is 1.40. The maximum Gasteiger partial charge on any atom is 0.257 e. The van der Waals surface area contributed by atoms with Gasteiger partial charge in [-0.25, -0.2) is 0 Å². The first kappa shape index (κ1) is 15.5. The van der Waals surface area contributed by atoms with Crippen LogP contribution in [-0.4, -0.2) is 29.0 Å². The van der Waals surface area contributed by atoms with Gasteiger partial charge < -0.3 is 10.0 Å². The van der Waals surface area contributed by atoms with Gasteiger partial charge in [0.2, 0.25) is 0 Å². The lowest BCUT2D eigenvalue weighted by molar-refractivity contribution is 0.0732. The smallest absolute Gasteiger partial charge is 0.257 e. The molecule has 3 heteroatoms. The molecule has 1 N–H and O–H groups in total. The third-order valence-corrected chi connectivity index (χ3v) is 3.68. The summed E-state index contributed by atoms with van der Waals surface area (Å²) in [7, 11) is 0. The highest BCUT2D eigenvalue weighted by Gasteiger charge is 2.20. The van der Waals surface area contributed by atoms with Gasteiger partial charge in [0.25, 0.3) is 5.91 Å². The molecule has 1 amide bonds. The molecule has 19 heavy (non-hydrogen) atoms. The van der Waals surface area contributed by atoms with Gasteiger partial charge in [-0.15, -0.1) is 0 Å². The molecule has 0 atom stereocenters. The number of benzene rings is 1. The summed E-state index contributed by atoms with van der Waals surface area (Å²) in [5, 5.41) is 9.85. The molecule has 0 spiro atoms. The lowest BCUT2D eigenvalue weighted by Crippen LogP contribution is -2.35. The van der Waals surface area contributed by atoms with Crippen molar-refractivity contribution >= 4 is 5.91 Å². The van der Waals surface area contributed by atoms with Crippen LogP contribution in [0.15, 0.2) is 18.2 Å². The van der Waals surface area contributed by atoms with E-state index in [9.17, 15) is 9.90 Å². The van der Waals surface area contributed by atoms with E-state index in [1.807, 2.05) is 24.8 Å². The van der Waals surface area contributed by atoms with Crippen LogP contribution >= 0.6 is 0 Å². The molecular formula is C16H25NO2. The second kappa shape index (κ2) is 7.17. The Hall–Kier alpha value is -1.51. The van der Waals surface area contributed by atoms with E-state index in [0.29, 0.717) is 18.0 Å². The number of carbonyl (C=O) groups excluding carboxylic acids is 1. The molecule has 0 saturated carbocycles. The molecule has 0 saturated heterocycles. The third-order valence-electron chi connectivity index (χ3n) is 3.68. The Morgan fingerprint density at radius 3 is 2.42 bits per heavy atom. The first-order chi connectivity index (χ1) is 9.03. The van der Waals surface area contributed by atoms with Gasteiger partial charge in [0.05, 0.1) is 5.56 Å². The molecule has 0 aliphatic rings. The number of nitrogens with zero attached hydrogens (tertiary/aromatic N) is 1. The van der Waals surface area contributed by atoms with E-state index >= 15 is 0 Å². The number of aromatic hydroxyl groups is 1. The van der Waals surface area contributed by atoms with Gasteiger partial charge in [-0.3, -0.25) is 4.79 Å². The van der Waals surface area contributed by atoms with Crippen molar-refractivity contribution in [2.24, 2.45) is 5.92 Å². The summed E-state index contributed by atoms with van der Waals surface area (Å²) >= 11 is 0. The molecule has 1 aromatic carbocycles. The van der Waals surface area contributed by atoms with Crippen LogP contribution in [-0.2, 0) is 0 Å². The van der Waals surface area contributed by atoms with Crippen molar-refractivity contribution in [3.05, 3.63) is 29.3 Å². The molecule has 106 valence electrons. The topological polar surface area (TPSA) is 40.5 Å². The van der Waals surface area contributed by atoms with Crippen molar-refractivity contribution in [3.8, 4) is 5.75 Å². The predicted molar refractivity (Wildman–Crippen MR) is 78.5 cm³/mol. The van der Waals surface area contributed by atoms with Crippen molar-refractivity contribution in [3.63, 3.8) is 0 Å². The molecule has 0 unspecified atom stereocenters. The van der Waals surface area contributed by atoms with Crippen molar-refractivity contribution in [2.45, 2.75) is 40.5 Å². The standard InChI is InChI=1S/C16H25NO2/c1-5-13(6-2)11-17(7-3)16(19)14-10-12(4)8-9-15(14)18/h8-10,13,18H,5-7,11H2,1-4H3. The van der Waals surface area contributed by atoms with Crippen LogP contribution < -0.4 is 0 Å². The van der Waals surface area contributed by atoms with Gasteiger partial charge in [0, 0.05) is 13.1 Å². The number of hydrogen-bond acceptors (Lipinski definition) is 2. The van der Waals surface area contributed by atoms with E-state index in [0.717, 1.165) is 24.9 Å². The van der Waals surface area contributed by atoms with Crippen LogP contribution in [0.5, 0.6) is 5.75 Å². The van der Waals surface area contributed by atoms with Crippen LogP contribution in [0.4, 0.5) is 0 Å². The quantitative estimate of drug-likeness (QED) is 0.852. The van der Waals surface area contributed by atoms with Gasteiger partial charge in [-0.1, -0.05) is 38.3 Å². The molecule has 0 radical (unpaired) electrons. The Morgan fingerprint density at radius 2 is 1.89 bits per heavy atom. The molecule has 3 nitrogen and oxygen atoms in total. The van der Waals surface area contributed by atoms with Crippen LogP contribution in [0.3, 0.4) is 0 Å². The van der Waals surface area contributed by atoms with Crippen LogP contribution in [0.25, 0.3) is 0 Å². The molecule has 1 aromatic rings. The zero-order valence-electron chi connectivity index (χ0n) is 12.4. The SMILES string of the molecule is CCC(CC)CN(CC)C(=O)c1cc(C)ccc1O. The number of hydrogen-bond donors (Lipinski definition) is 1. The average molecular weight is 263 g/mol. The summed E-state index contributed by atoms with van der Waals surface area (Å²) in [6, 6.07) is 5.16. The van der Waals surface area contributed by atoms with Gasteiger partial charge in [0.1, 0.15) is 5.75 Å². The number of phenols is 1. The first-order valence-electron chi connectivity index (χ1n) is 7.12. The van der Waals surface area contributed by atoms with E-state index in [1.54, 1.807) is 12.1 Å². The number of aryl methyl sites for hydroxylation is 1. The third kappa shape index (κ3) is 3.98. The average Bonchev–Trinajstić information content (AvgIpc) is 2.42. The fourth-order valence-corrected chi connectivity index (χ4v) is 2.21. The lowest BCUT2D eigenvalue weighted by Gasteiger charge is -2.26. The molecule has 0 aromatic heterocycles. The van der Waals surface area contributed by atoms with Crippen molar-refractivity contribution in [2.75, 3.05) is 13.1 Å². The zero-order valence-corrected chi connectivity index (χ0v) is 12.4. The normalized spacial score (nSPS) is 10.8. The number of rotatable bonds is 6. The van der Waals surface area contributed by atoms with Crippen LogP contribution in [0.1, 0.15) is 49.5 Å². The van der Waals surface area contributed by atoms with E-state index < -0.39 is 0 Å². The first-order valence-corrected chi connectivity index (χ1v) is 7.12. The Morgan fingerprint density at radius 1 is 1.26 bits per heavy atom. The monoisotopic (exact) mass is 263 g/mol. The second-order valence-corrected chi connectivity index (χ2v) is 5.05. The summed E-state index contributed by atoms with van der Waals surface area (Å²) in [6.45, 7) is 9.63. The molecule has 1 rings (SSSR count). The van der Waals surface area contributed by atoms with Gasteiger partial charge in [0.15, 0.2) is 0 Å². The summed E-state index contributed by atoms with van der Waals surface area (Å²) in [4.78, 5) is 14.3. The minimum absolute atomic E-state index is 0.0681. The van der Waals surface area contributed by atoms with Crippen LogP contribution in [0.2, 0.25) is 0 Å². The minimum atomic E-state index is -0.0735. The van der Waals surface area contributed by atoms with Gasteiger partial charge in [-0.2, -0.15) is 0 Å². The molecule has 0 fully saturated rings. The van der Waals surface area contributed by atoms with Crippen molar-refractivity contribution in [1.82, 2.24) is 4.90 Å². The molecule has 0 aliphatic heterocycles. The van der Waals surface area contributed by atoms with E-state index in [-0.39, 0.29) is 11.7 Å². The van der Waals surface area contributed by atoms with E-state index in [2.05, 4.69) is 13.8 Å². The number of carbonyl (C=O) groups is 1.